The van der Waals surface area contributed by atoms with E-state index < -0.39 is 11.8 Å². The number of ether oxygens (including phenoxy) is 1. The van der Waals surface area contributed by atoms with Gasteiger partial charge in [-0.05, 0) is 54.2 Å². The fraction of sp³-hybridized carbons (Fsp3) is 0.105. The van der Waals surface area contributed by atoms with E-state index in [-0.39, 0.29) is 23.1 Å². The summed E-state index contributed by atoms with van der Waals surface area (Å²) in [6.07, 6.45) is 1.46. The summed E-state index contributed by atoms with van der Waals surface area (Å²) in [5, 5.41) is 2.53. The van der Waals surface area contributed by atoms with Crippen molar-refractivity contribution in [2.75, 3.05) is 7.05 Å². The molecule has 1 N–H and O–H groups in total. The summed E-state index contributed by atoms with van der Waals surface area (Å²) < 4.78 is 19.6. The van der Waals surface area contributed by atoms with Crippen LogP contribution in [0.25, 0.3) is 6.08 Å². The molecule has 3 rings (SSSR count). The Hall–Kier alpha value is -2.58. The molecule has 0 radical (unpaired) electrons. The first-order valence-corrected chi connectivity index (χ1v) is 9.07. The highest BCUT2D eigenvalue weighted by molar-refractivity contribution is 9.10. The largest absolute Gasteiger partial charge is 0.488 e. The second-order valence-corrected chi connectivity index (χ2v) is 7.08. The molecule has 2 aromatic carbocycles. The molecule has 0 saturated carbocycles. The Morgan fingerprint density at radius 3 is 2.63 bits per heavy atom. The van der Waals surface area contributed by atoms with E-state index in [0.29, 0.717) is 11.3 Å². The van der Waals surface area contributed by atoms with Crippen LogP contribution in [0, 0.1) is 5.82 Å². The third-order valence-corrected chi connectivity index (χ3v) is 4.75. The Labute approximate surface area is 168 Å². The van der Waals surface area contributed by atoms with E-state index in [1.807, 2.05) is 0 Å². The van der Waals surface area contributed by atoms with Gasteiger partial charge in [-0.15, -0.1) is 0 Å². The zero-order valence-electron chi connectivity index (χ0n) is 14.2. The number of carbonyl (C=O) groups excluding carboxylic acids is 2. The van der Waals surface area contributed by atoms with Crippen LogP contribution < -0.4 is 10.1 Å². The van der Waals surface area contributed by atoms with E-state index in [2.05, 4.69) is 21.2 Å². The van der Waals surface area contributed by atoms with Crippen molar-refractivity contribution in [2.24, 2.45) is 0 Å². The SMILES string of the molecule is CN1C(=O)/C(=C/c2cc(Br)ccc2OCc2ccc(F)cc2)C(=O)NC1=S. The van der Waals surface area contributed by atoms with Gasteiger partial charge >= 0.3 is 0 Å². The molecule has 5 nitrogen and oxygen atoms in total. The summed E-state index contributed by atoms with van der Waals surface area (Å²) in [6, 6.07) is 11.2. The molecule has 1 saturated heterocycles. The number of nitrogens with one attached hydrogen (secondary N) is 1. The van der Waals surface area contributed by atoms with Crippen molar-refractivity contribution < 1.29 is 18.7 Å². The number of thiocarbonyl (C=S) groups is 1. The Morgan fingerprint density at radius 1 is 1.22 bits per heavy atom. The molecule has 138 valence electrons. The zero-order valence-corrected chi connectivity index (χ0v) is 16.6. The van der Waals surface area contributed by atoms with Gasteiger partial charge in [0.1, 0.15) is 23.7 Å². The molecule has 0 aromatic heterocycles. The number of likely N-dealkylation sites (N-methyl/N-ethyl adjacent to an activating group) is 1. The topological polar surface area (TPSA) is 58.6 Å². The molecule has 1 heterocycles. The summed E-state index contributed by atoms with van der Waals surface area (Å²) in [4.78, 5) is 25.7. The quantitative estimate of drug-likeness (QED) is 0.442. The van der Waals surface area contributed by atoms with Gasteiger partial charge in [0.2, 0.25) is 0 Å². The number of nitrogens with zero attached hydrogens (tertiary/aromatic N) is 1. The van der Waals surface area contributed by atoms with E-state index in [1.54, 1.807) is 30.3 Å². The highest BCUT2D eigenvalue weighted by Crippen LogP contribution is 2.27. The van der Waals surface area contributed by atoms with Crippen LogP contribution in [0.5, 0.6) is 5.75 Å². The lowest BCUT2D eigenvalue weighted by atomic mass is 10.1. The molecule has 27 heavy (non-hydrogen) atoms. The van der Waals surface area contributed by atoms with E-state index in [9.17, 15) is 14.0 Å². The van der Waals surface area contributed by atoms with E-state index in [1.165, 1.54) is 30.2 Å². The van der Waals surface area contributed by atoms with Crippen LogP contribution in [0.2, 0.25) is 0 Å². The second-order valence-electron chi connectivity index (χ2n) is 5.78. The fourth-order valence-electron chi connectivity index (χ4n) is 2.41. The number of halogens is 2. The Morgan fingerprint density at radius 2 is 1.93 bits per heavy atom. The summed E-state index contributed by atoms with van der Waals surface area (Å²) in [5.74, 6) is -0.899. The van der Waals surface area contributed by atoms with E-state index in [4.69, 9.17) is 17.0 Å². The maximum absolute atomic E-state index is 13.0. The Balaban J connectivity index is 1.89. The minimum atomic E-state index is -0.562. The van der Waals surface area contributed by atoms with Crippen molar-refractivity contribution in [3.8, 4) is 5.75 Å². The van der Waals surface area contributed by atoms with Crippen LogP contribution in [0.3, 0.4) is 0 Å². The Bertz CT molecular complexity index is 960. The second kappa shape index (κ2) is 7.98. The summed E-state index contributed by atoms with van der Waals surface area (Å²) in [5.41, 5.74) is 1.29. The monoisotopic (exact) mass is 448 g/mol. The minimum Gasteiger partial charge on any atom is -0.488 e. The lowest BCUT2D eigenvalue weighted by molar-refractivity contribution is -0.128. The van der Waals surface area contributed by atoms with Gasteiger partial charge in [-0.25, -0.2) is 4.39 Å². The number of hydrogen-bond donors (Lipinski definition) is 1. The normalized spacial score (nSPS) is 15.9. The number of carbonyl (C=O) groups is 2. The van der Waals surface area contributed by atoms with Crippen molar-refractivity contribution in [1.82, 2.24) is 10.2 Å². The lowest BCUT2D eigenvalue weighted by Gasteiger charge is -2.25. The van der Waals surface area contributed by atoms with Crippen molar-refractivity contribution in [3.63, 3.8) is 0 Å². The zero-order chi connectivity index (χ0) is 19.6. The maximum Gasteiger partial charge on any atom is 0.265 e. The third-order valence-electron chi connectivity index (χ3n) is 3.88. The van der Waals surface area contributed by atoms with Crippen molar-refractivity contribution in [3.05, 3.63) is 69.5 Å². The molecule has 0 atom stereocenters. The van der Waals surface area contributed by atoms with E-state index in [0.717, 1.165) is 10.0 Å². The van der Waals surface area contributed by atoms with Crippen LogP contribution in [0.4, 0.5) is 4.39 Å². The lowest BCUT2D eigenvalue weighted by Crippen LogP contribution is -2.52. The number of hydrogen-bond acceptors (Lipinski definition) is 4. The molecule has 1 fully saturated rings. The molecule has 2 amide bonds. The van der Waals surface area contributed by atoms with Crippen LogP contribution in [0.15, 0.2) is 52.5 Å². The summed E-state index contributed by atoms with van der Waals surface area (Å²) in [7, 11) is 1.49. The van der Waals surface area contributed by atoms with Gasteiger partial charge in [-0.1, -0.05) is 28.1 Å². The van der Waals surface area contributed by atoms with Crippen molar-refractivity contribution in [2.45, 2.75) is 6.61 Å². The highest BCUT2D eigenvalue weighted by Gasteiger charge is 2.31. The predicted octanol–water partition coefficient (Wildman–Crippen LogP) is 3.42. The van der Waals surface area contributed by atoms with Crippen LogP contribution in [-0.2, 0) is 16.2 Å². The van der Waals surface area contributed by atoms with Crippen molar-refractivity contribution in [1.29, 1.82) is 0 Å². The molecular formula is C19H14BrFN2O3S. The average Bonchev–Trinajstić information content (AvgIpc) is 2.64. The van der Waals surface area contributed by atoms with Crippen molar-refractivity contribution >= 4 is 51.2 Å². The van der Waals surface area contributed by atoms with E-state index >= 15 is 0 Å². The van der Waals surface area contributed by atoms with Gasteiger partial charge in [-0.2, -0.15) is 0 Å². The summed E-state index contributed by atoms with van der Waals surface area (Å²) >= 11 is 8.31. The first-order chi connectivity index (χ1) is 12.8. The Kier molecular flexibility index (Phi) is 5.67. The molecule has 1 aliphatic rings. The fourth-order valence-corrected chi connectivity index (χ4v) is 2.96. The molecule has 0 unspecified atom stereocenters. The number of rotatable bonds is 4. The van der Waals surface area contributed by atoms with Gasteiger partial charge in [0.15, 0.2) is 5.11 Å². The number of benzene rings is 2. The first kappa shape index (κ1) is 19.2. The first-order valence-electron chi connectivity index (χ1n) is 7.87. The van der Waals surface area contributed by atoms with Gasteiger partial charge in [0.25, 0.3) is 11.8 Å². The maximum atomic E-state index is 13.0. The van der Waals surface area contributed by atoms with Crippen LogP contribution in [-0.4, -0.2) is 28.9 Å². The predicted molar refractivity (Wildman–Crippen MR) is 106 cm³/mol. The molecular weight excluding hydrogens is 435 g/mol. The highest BCUT2D eigenvalue weighted by atomic mass is 79.9. The van der Waals surface area contributed by atoms with Gasteiger partial charge in [0, 0.05) is 17.1 Å². The third kappa shape index (κ3) is 4.40. The molecule has 0 bridgehead atoms. The number of amides is 2. The molecule has 0 aliphatic carbocycles. The average molecular weight is 449 g/mol. The molecule has 2 aromatic rings. The standard InChI is InChI=1S/C19H14BrFN2O3S/c1-23-18(25)15(17(24)22-19(23)27)9-12-8-13(20)4-7-16(12)26-10-11-2-5-14(21)6-3-11/h2-9H,10H2,1H3,(H,22,24,27)/b15-9+. The summed E-state index contributed by atoms with van der Waals surface area (Å²) in [6.45, 7) is 0.211. The van der Waals surface area contributed by atoms with Crippen LogP contribution >= 0.6 is 28.1 Å². The molecule has 0 spiro atoms. The minimum absolute atomic E-state index is 0.0455. The smallest absolute Gasteiger partial charge is 0.265 e. The van der Waals surface area contributed by atoms with Crippen LogP contribution in [0.1, 0.15) is 11.1 Å². The van der Waals surface area contributed by atoms with Gasteiger partial charge in [0.05, 0.1) is 0 Å². The van der Waals surface area contributed by atoms with Gasteiger partial charge < -0.3 is 4.74 Å². The molecule has 8 heteroatoms. The molecule has 1 aliphatic heterocycles. The van der Waals surface area contributed by atoms with Gasteiger partial charge in [-0.3, -0.25) is 19.8 Å².